The Kier molecular flexibility index (Phi) is 5.48. The highest BCUT2D eigenvalue weighted by Crippen LogP contribution is 2.38. The van der Waals surface area contributed by atoms with Crippen LogP contribution in [0.25, 0.3) is 31.4 Å². The molecule has 5 rings (SSSR count). The molecule has 3 aromatic heterocycles. The predicted octanol–water partition coefficient (Wildman–Crippen LogP) is 4.86. The lowest BCUT2D eigenvalue weighted by molar-refractivity contribution is -0.135. The van der Waals surface area contributed by atoms with Crippen LogP contribution in [0, 0.1) is 0 Å². The molecule has 0 saturated carbocycles. The molecule has 7 nitrogen and oxygen atoms in total. The largest absolute Gasteiger partial charge is 0.508 e. The fourth-order valence-electron chi connectivity index (χ4n) is 3.09. The number of imide groups is 1. The third-order valence-corrected chi connectivity index (χ3v) is 6.55. The van der Waals surface area contributed by atoms with Crippen molar-refractivity contribution in [2.24, 2.45) is 0 Å². The highest BCUT2D eigenvalue weighted by molar-refractivity contribution is 7.22. The van der Waals surface area contributed by atoms with E-state index in [0.717, 1.165) is 25.2 Å². The number of benzene rings is 1. The van der Waals surface area contributed by atoms with E-state index in [2.05, 4.69) is 10.4 Å². The van der Waals surface area contributed by atoms with Crippen LogP contribution in [0.15, 0.2) is 59.5 Å². The van der Waals surface area contributed by atoms with E-state index in [1.54, 1.807) is 19.1 Å². The first-order valence-corrected chi connectivity index (χ1v) is 10.7. The third-order valence-electron chi connectivity index (χ3n) is 4.60. The predicted molar refractivity (Wildman–Crippen MR) is 124 cm³/mol. The number of thiophene rings is 2. The molecular weight excluding hydrogens is 456 g/mol. The first kappa shape index (κ1) is 21.0. The van der Waals surface area contributed by atoms with Gasteiger partial charge in [0.2, 0.25) is 0 Å². The Hall–Kier alpha value is -3.27. The minimum atomic E-state index is -0.434. The summed E-state index contributed by atoms with van der Waals surface area (Å²) in [7, 11) is 0. The normalized spacial score (nSPS) is 13.5. The fraction of sp³-hybridized carbons (Fsp3) is 0.0476. The average molecular weight is 471 g/mol. The number of anilines is 1. The highest BCUT2D eigenvalue weighted by atomic mass is 35.5. The molecule has 156 valence electrons. The molecule has 1 aliphatic heterocycles. The monoisotopic (exact) mass is 470 g/mol. The summed E-state index contributed by atoms with van der Waals surface area (Å²) in [5, 5.41) is 13.2. The lowest BCUT2D eigenvalue weighted by atomic mass is 10.2. The third kappa shape index (κ3) is 3.78. The minimum absolute atomic E-state index is 0. The Balaban J connectivity index is 0.00000231. The number of carbonyl (C=O) groups excluding carboxylic acids is 2. The van der Waals surface area contributed by atoms with Gasteiger partial charge >= 0.3 is 0 Å². The van der Waals surface area contributed by atoms with Gasteiger partial charge in [0.15, 0.2) is 11.6 Å². The second kappa shape index (κ2) is 8.10. The standard InChI is InChI=1S/C21H14N4O3S2.ClH/c1-11-9-17(27)25(21(11)28)24-18-14-10-16(12-4-6-13(26)7-5-12)30-20(14)23-19(22-18)15-3-2-8-29-15;/h2-10,26H,1H3,(H,22,23,24);1H. The van der Waals surface area contributed by atoms with E-state index in [4.69, 9.17) is 4.98 Å². The van der Waals surface area contributed by atoms with Gasteiger partial charge in [-0.1, -0.05) is 6.07 Å². The summed E-state index contributed by atoms with van der Waals surface area (Å²) < 4.78 is 0. The van der Waals surface area contributed by atoms with Crippen LogP contribution in [0.3, 0.4) is 0 Å². The lowest BCUT2D eigenvalue weighted by Crippen LogP contribution is -2.36. The van der Waals surface area contributed by atoms with Gasteiger partial charge in [-0.05, 0) is 54.3 Å². The number of aromatic nitrogens is 2. The first-order valence-electron chi connectivity index (χ1n) is 8.98. The molecule has 0 fully saturated rings. The smallest absolute Gasteiger partial charge is 0.275 e. The van der Waals surface area contributed by atoms with E-state index in [0.29, 0.717) is 22.6 Å². The topological polar surface area (TPSA) is 95.4 Å². The second-order valence-corrected chi connectivity index (χ2v) is 8.65. The maximum Gasteiger partial charge on any atom is 0.275 e. The zero-order valence-electron chi connectivity index (χ0n) is 16.0. The summed E-state index contributed by atoms with van der Waals surface area (Å²) in [6, 6.07) is 12.6. The maximum absolute atomic E-state index is 12.3. The maximum atomic E-state index is 12.3. The second-order valence-electron chi connectivity index (χ2n) is 6.67. The number of aromatic hydroxyl groups is 1. The van der Waals surface area contributed by atoms with Crippen LogP contribution in [-0.2, 0) is 9.59 Å². The number of amides is 2. The van der Waals surface area contributed by atoms with Crippen molar-refractivity contribution in [3.8, 4) is 26.9 Å². The average Bonchev–Trinajstić information content (AvgIpc) is 3.45. The number of hydrazine groups is 1. The van der Waals surface area contributed by atoms with Gasteiger partial charge in [0.25, 0.3) is 11.8 Å². The summed E-state index contributed by atoms with van der Waals surface area (Å²) in [6.45, 7) is 1.60. The van der Waals surface area contributed by atoms with Crippen molar-refractivity contribution in [3.05, 3.63) is 59.5 Å². The molecule has 31 heavy (non-hydrogen) atoms. The lowest BCUT2D eigenvalue weighted by Gasteiger charge is -2.17. The van der Waals surface area contributed by atoms with Crippen molar-refractivity contribution in [2.75, 3.05) is 5.43 Å². The number of halogens is 1. The first-order chi connectivity index (χ1) is 14.5. The van der Waals surface area contributed by atoms with E-state index in [-0.39, 0.29) is 18.2 Å². The van der Waals surface area contributed by atoms with Crippen molar-refractivity contribution in [2.45, 2.75) is 6.92 Å². The van der Waals surface area contributed by atoms with Gasteiger partial charge in [-0.15, -0.1) is 35.1 Å². The number of fused-ring (bicyclic) bond motifs is 1. The number of phenolic OH excluding ortho intramolecular Hbond substituents is 1. The SMILES string of the molecule is CC1=CC(=O)N(Nc2nc(-c3cccs3)nc3sc(-c4ccc(O)cc4)cc23)C1=O.Cl. The Bertz CT molecular complexity index is 1330. The number of rotatable bonds is 4. The molecule has 2 amide bonds. The molecule has 0 unspecified atom stereocenters. The number of hydrogen-bond donors (Lipinski definition) is 2. The molecule has 0 saturated heterocycles. The van der Waals surface area contributed by atoms with E-state index >= 15 is 0 Å². The molecule has 0 spiro atoms. The van der Waals surface area contributed by atoms with Crippen LogP contribution in [0.5, 0.6) is 5.75 Å². The zero-order chi connectivity index (χ0) is 20.8. The molecule has 4 aromatic rings. The molecule has 1 aliphatic rings. The van der Waals surface area contributed by atoms with Crippen molar-refractivity contribution in [1.82, 2.24) is 15.0 Å². The molecule has 1 aromatic carbocycles. The van der Waals surface area contributed by atoms with Gasteiger partial charge in [-0.3, -0.25) is 15.0 Å². The summed E-state index contributed by atoms with van der Waals surface area (Å²) in [4.78, 5) is 36.4. The number of phenols is 1. The quantitative estimate of drug-likeness (QED) is 0.414. The van der Waals surface area contributed by atoms with Gasteiger partial charge in [0.1, 0.15) is 10.6 Å². The summed E-state index contributed by atoms with van der Waals surface area (Å²) in [5.74, 6) is 0.252. The molecule has 4 heterocycles. The van der Waals surface area contributed by atoms with E-state index in [9.17, 15) is 14.7 Å². The number of carbonyl (C=O) groups is 2. The van der Waals surface area contributed by atoms with E-state index in [1.165, 1.54) is 28.7 Å². The van der Waals surface area contributed by atoms with Crippen LogP contribution < -0.4 is 5.43 Å². The Morgan fingerprint density at radius 1 is 1.06 bits per heavy atom. The van der Waals surface area contributed by atoms with Crippen molar-refractivity contribution in [1.29, 1.82) is 0 Å². The van der Waals surface area contributed by atoms with Gasteiger partial charge in [-0.2, -0.15) is 5.01 Å². The van der Waals surface area contributed by atoms with Crippen molar-refractivity contribution in [3.63, 3.8) is 0 Å². The van der Waals surface area contributed by atoms with Gasteiger partial charge in [0, 0.05) is 16.5 Å². The molecule has 2 N–H and O–H groups in total. The molecule has 0 aliphatic carbocycles. The summed E-state index contributed by atoms with van der Waals surface area (Å²) >= 11 is 2.98. The Morgan fingerprint density at radius 3 is 2.48 bits per heavy atom. The molecule has 0 bridgehead atoms. The summed E-state index contributed by atoms with van der Waals surface area (Å²) in [5.41, 5.74) is 4.18. The summed E-state index contributed by atoms with van der Waals surface area (Å²) in [6.07, 6.45) is 1.30. The van der Waals surface area contributed by atoms with Crippen molar-refractivity contribution >= 4 is 62.9 Å². The van der Waals surface area contributed by atoms with Crippen molar-refractivity contribution < 1.29 is 14.7 Å². The highest BCUT2D eigenvalue weighted by Gasteiger charge is 2.30. The minimum Gasteiger partial charge on any atom is -0.508 e. The number of hydrogen-bond acceptors (Lipinski definition) is 8. The fourth-order valence-corrected chi connectivity index (χ4v) is 4.78. The number of nitrogens with one attached hydrogen (secondary N) is 1. The van der Waals surface area contributed by atoms with Crippen LogP contribution in [0.1, 0.15) is 6.92 Å². The molecule has 10 heteroatoms. The Morgan fingerprint density at radius 2 is 1.84 bits per heavy atom. The van der Waals surface area contributed by atoms with E-state index < -0.39 is 11.8 Å². The van der Waals surface area contributed by atoms with Gasteiger partial charge < -0.3 is 5.11 Å². The zero-order valence-corrected chi connectivity index (χ0v) is 18.5. The van der Waals surface area contributed by atoms with Crippen LogP contribution in [0.4, 0.5) is 5.82 Å². The van der Waals surface area contributed by atoms with Gasteiger partial charge in [-0.25, -0.2) is 9.97 Å². The molecular formula is C21H15ClN4O3S2. The Labute approximate surface area is 191 Å². The van der Waals surface area contributed by atoms with Crippen LogP contribution in [0.2, 0.25) is 0 Å². The number of nitrogens with zero attached hydrogens (tertiary/aromatic N) is 3. The van der Waals surface area contributed by atoms with Crippen LogP contribution in [-0.4, -0.2) is 31.9 Å². The van der Waals surface area contributed by atoms with Gasteiger partial charge in [0.05, 0.1) is 10.3 Å². The molecule has 0 atom stereocenters. The van der Waals surface area contributed by atoms with Crippen LogP contribution >= 0.6 is 35.1 Å². The molecule has 0 radical (unpaired) electrons. The van der Waals surface area contributed by atoms with E-state index in [1.807, 2.05) is 35.7 Å².